The van der Waals surface area contributed by atoms with Crippen LogP contribution in [0, 0.1) is 6.92 Å². The first-order chi connectivity index (χ1) is 10.1. The van der Waals surface area contributed by atoms with Crippen molar-refractivity contribution >= 4 is 17.3 Å². The molecule has 2 aromatic carbocycles. The molecular weight excluding hydrogens is 264 g/mol. The zero-order valence-electron chi connectivity index (χ0n) is 12.3. The summed E-state index contributed by atoms with van der Waals surface area (Å²) in [6.45, 7) is 4.66. The molecule has 110 valence electrons. The van der Waals surface area contributed by atoms with Crippen LogP contribution in [0.5, 0.6) is 5.75 Å². The molecule has 0 unspecified atom stereocenters. The van der Waals surface area contributed by atoms with Gasteiger partial charge in [0.25, 0.3) is 5.91 Å². The lowest BCUT2D eigenvalue weighted by atomic mass is 10.1. The highest BCUT2D eigenvalue weighted by molar-refractivity contribution is 6.04. The molecule has 0 fully saturated rings. The third-order valence-electron chi connectivity index (χ3n) is 3.13. The molecule has 21 heavy (non-hydrogen) atoms. The monoisotopic (exact) mass is 284 g/mol. The van der Waals surface area contributed by atoms with Crippen LogP contribution >= 0.6 is 0 Å². The summed E-state index contributed by atoms with van der Waals surface area (Å²) >= 11 is 0. The number of carbonyl (C=O) groups is 1. The highest BCUT2D eigenvalue weighted by atomic mass is 16.5. The second-order valence-corrected chi connectivity index (χ2v) is 4.90. The molecule has 4 heteroatoms. The lowest BCUT2D eigenvalue weighted by Crippen LogP contribution is -2.12. The SMILES string of the molecule is CCCOc1ccc(NC(=O)c2ccc(C)c(N)c2)cc1. The Morgan fingerprint density at radius 1 is 1.19 bits per heavy atom. The van der Waals surface area contributed by atoms with Gasteiger partial charge in [-0.2, -0.15) is 0 Å². The number of ether oxygens (including phenoxy) is 1. The van der Waals surface area contributed by atoms with Crippen LogP contribution in [0.4, 0.5) is 11.4 Å². The van der Waals surface area contributed by atoms with Crippen molar-refractivity contribution in [3.05, 3.63) is 53.6 Å². The summed E-state index contributed by atoms with van der Waals surface area (Å²) in [5.41, 5.74) is 8.67. The average Bonchev–Trinajstić information content (AvgIpc) is 2.49. The first-order valence-electron chi connectivity index (χ1n) is 7.00. The van der Waals surface area contributed by atoms with Gasteiger partial charge in [-0.3, -0.25) is 4.79 Å². The van der Waals surface area contributed by atoms with Crippen molar-refractivity contribution < 1.29 is 9.53 Å². The lowest BCUT2D eigenvalue weighted by Gasteiger charge is -2.08. The third-order valence-corrected chi connectivity index (χ3v) is 3.13. The maximum Gasteiger partial charge on any atom is 0.255 e. The fraction of sp³-hybridized carbons (Fsp3) is 0.235. The molecule has 0 aliphatic carbocycles. The Morgan fingerprint density at radius 2 is 1.90 bits per heavy atom. The van der Waals surface area contributed by atoms with Crippen molar-refractivity contribution in [1.82, 2.24) is 0 Å². The van der Waals surface area contributed by atoms with Gasteiger partial charge >= 0.3 is 0 Å². The second-order valence-electron chi connectivity index (χ2n) is 4.90. The first kappa shape index (κ1) is 14.9. The molecule has 0 aliphatic rings. The van der Waals surface area contributed by atoms with Crippen LogP contribution in [-0.4, -0.2) is 12.5 Å². The Balaban J connectivity index is 2.03. The van der Waals surface area contributed by atoms with Gasteiger partial charge in [0.05, 0.1) is 6.61 Å². The number of carbonyl (C=O) groups excluding carboxylic acids is 1. The maximum atomic E-state index is 12.1. The number of benzene rings is 2. The maximum absolute atomic E-state index is 12.1. The Bertz CT molecular complexity index is 621. The standard InChI is InChI=1S/C17H20N2O2/c1-3-10-21-15-8-6-14(7-9-15)19-17(20)13-5-4-12(2)16(18)11-13/h4-9,11H,3,10,18H2,1-2H3,(H,19,20). The topological polar surface area (TPSA) is 64.3 Å². The fourth-order valence-corrected chi connectivity index (χ4v) is 1.84. The highest BCUT2D eigenvalue weighted by Gasteiger charge is 2.07. The molecule has 0 saturated carbocycles. The number of amides is 1. The van der Waals surface area contributed by atoms with E-state index in [9.17, 15) is 4.79 Å². The van der Waals surface area contributed by atoms with E-state index in [2.05, 4.69) is 12.2 Å². The van der Waals surface area contributed by atoms with Crippen LogP contribution < -0.4 is 15.8 Å². The van der Waals surface area contributed by atoms with E-state index >= 15 is 0 Å². The first-order valence-corrected chi connectivity index (χ1v) is 7.00. The van der Waals surface area contributed by atoms with Crippen molar-refractivity contribution in [1.29, 1.82) is 0 Å². The normalized spacial score (nSPS) is 10.2. The minimum absolute atomic E-state index is 0.177. The van der Waals surface area contributed by atoms with Gasteiger partial charge < -0.3 is 15.8 Å². The van der Waals surface area contributed by atoms with Crippen LogP contribution in [-0.2, 0) is 0 Å². The van der Waals surface area contributed by atoms with Crippen molar-refractivity contribution in [2.45, 2.75) is 20.3 Å². The number of aryl methyl sites for hydroxylation is 1. The molecule has 0 radical (unpaired) electrons. The highest BCUT2D eigenvalue weighted by Crippen LogP contribution is 2.18. The van der Waals surface area contributed by atoms with Gasteiger partial charge in [-0.15, -0.1) is 0 Å². The summed E-state index contributed by atoms with van der Waals surface area (Å²) in [5.74, 6) is 0.623. The average molecular weight is 284 g/mol. The van der Waals surface area contributed by atoms with Gasteiger partial charge in [-0.05, 0) is 55.3 Å². The number of nitrogen functional groups attached to an aromatic ring is 1. The number of anilines is 2. The summed E-state index contributed by atoms with van der Waals surface area (Å²) in [5, 5.41) is 2.84. The Morgan fingerprint density at radius 3 is 2.52 bits per heavy atom. The van der Waals surface area contributed by atoms with E-state index < -0.39 is 0 Å². The predicted molar refractivity (Wildman–Crippen MR) is 85.8 cm³/mol. The number of nitrogens with one attached hydrogen (secondary N) is 1. The second kappa shape index (κ2) is 6.79. The Labute approximate surface area is 124 Å². The van der Waals surface area contributed by atoms with Crippen molar-refractivity contribution in [3.63, 3.8) is 0 Å². The van der Waals surface area contributed by atoms with Gasteiger partial charge in [-0.25, -0.2) is 0 Å². The van der Waals surface area contributed by atoms with E-state index in [1.54, 1.807) is 12.1 Å². The summed E-state index contributed by atoms with van der Waals surface area (Å²) in [6, 6.07) is 12.6. The van der Waals surface area contributed by atoms with Crippen LogP contribution in [0.25, 0.3) is 0 Å². The number of hydrogen-bond donors (Lipinski definition) is 2. The summed E-state index contributed by atoms with van der Waals surface area (Å²) < 4.78 is 5.50. The quantitative estimate of drug-likeness (QED) is 0.824. The Kier molecular flexibility index (Phi) is 4.82. The van der Waals surface area contributed by atoms with E-state index in [4.69, 9.17) is 10.5 Å². The van der Waals surface area contributed by atoms with Gasteiger partial charge in [0.15, 0.2) is 0 Å². The Hall–Kier alpha value is -2.49. The number of nitrogens with two attached hydrogens (primary N) is 1. The third kappa shape index (κ3) is 3.99. The zero-order valence-corrected chi connectivity index (χ0v) is 12.3. The summed E-state index contributed by atoms with van der Waals surface area (Å²) in [4.78, 5) is 12.1. The molecule has 1 amide bonds. The summed E-state index contributed by atoms with van der Waals surface area (Å²) in [6.07, 6.45) is 0.966. The number of hydrogen-bond acceptors (Lipinski definition) is 3. The van der Waals surface area contributed by atoms with Gasteiger partial charge in [-0.1, -0.05) is 13.0 Å². The largest absolute Gasteiger partial charge is 0.494 e. The molecule has 4 nitrogen and oxygen atoms in total. The lowest BCUT2D eigenvalue weighted by molar-refractivity contribution is 0.102. The predicted octanol–water partition coefficient (Wildman–Crippen LogP) is 3.62. The molecule has 0 spiro atoms. The van der Waals surface area contributed by atoms with E-state index in [1.165, 1.54) is 0 Å². The molecule has 2 rings (SSSR count). The molecule has 0 atom stereocenters. The van der Waals surface area contributed by atoms with E-state index in [-0.39, 0.29) is 5.91 Å². The minimum atomic E-state index is -0.177. The van der Waals surface area contributed by atoms with Crippen LogP contribution in [0.1, 0.15) is 29.3 Å². The van der Waals surface area contributed by atoms with Crippen molar-refractivity contribution in [2.75, 3.05) is 17.7 Å². The van der Waals surface area contributed by atoms with Crippen molar-refractivity contribution in [3.8, 4) is 5.75 Å². The molecule has 0 aromatic heterocycles. The van der Waals surface area contributed by atoms with E-state index in [0.717, 1.165) is 23.4 Å². The number of rotatable bonds is 5. The molecule has 0 bridgehead atoms. The van der Waals surface area contributed by atoms with Crippen LogP contribution in [0.15, 0.2) is 42.5 Å². The van der Waals surface area contributed by atoms with Crippen LogP contribution in [0.2, 0.25) is 0 Å². The fourth-order valence-electron chi connectivity index (χ4n) is 1.84. The van der Waals surface area contributed by atoms with Crippen molar-refractivity contribution in [2.24, 2.45) is 0 Å². The molecule has 0 heterocycles. The van der Waals surface area contributed by atoms with Gasteiger partial charge in [0, 0.05) is 16.9 Å². The molecule has 2 aromatic rings. The van der Waals surface area contributed by atoms with Gasteiger partial charge in [0.2, 0.25) is 0 Å². The summed E-state index contributed by atoms with van der Waals surface area (Å²) in [7, 11) is 0. The molecule has 3 N–H and O–H groups in total. The molecular formula is C17H20N2O2. The van der Waals surface area contributed by atoms with Gasteiger partial charge in [0.1, 0.15) is 5.75 Å². The van der Waals surface area contributed by atoms with E-state index in [0.29, 0.717) is 17.9 Å². The van der Waals surface area contributed by atoms with E-state index in [1.807, 2.05) is 37.3 Å². The smallest absolute Gasteiger partial charge is 0.255 e. The minimum Gasteiger partial charge on any atom is -0.494 e. The molecule has 0 saturated heterocycles. The van der Waals surface area contributed by atoms with Crippen LogP contribution in [0.3, 0.4) is 0 Å². The molecule has 0 aliphatic heterocycles. The zero-order chi connectivity index (χ0) is 15.2.